The highest BCUT2D eigenvalue weighted by Crippen LogP contribution is 2.24. The van der Waals surface area contributed by atoms with E-state index in [4.69, 9.17) is 4.74 Å². The number of ether oxygens (including phenoxy) is 1. The van der Waals surface area contributed by atoms with Crippen LogP contribution in [0.4, 0.5) is 5.69 Å². The van der Waals surface area contributed by atoms with Crippen LogP contribution < -0.4 is 20.7 Å². The van der Waals surface area contributed by atoms with Crippen molar-refractivity contribution < 1.29 is 19.1 Å². The number of benzene rings is 1. The second-order valence-corrected chi connectivity index (χ2v) is 5.88. The number of hydrogen-bond acceptors (Lipinski definition) is 5. The highest BCUT2D eigenvalue weighted by Gasteiger charge is 2.28. The smallest absolute Gasteiger partial charge is 0.254 e. The maximum Gasteiger partial charge on any atom is 0.254 e. The second-order valence-electron chi connectivity index (χ2n) is 5.88. The van der Waals surface area contributed by atoms with Gasteiger partial charge in [0, 0.05) is 19.0 Å². The van der Waals surface area contributed by atoms with Gasteiger partial charge in [0.2, 0.25) is 11.8 Å². The molecule has 0 spiro atoms. The molecule has 1 aromatic rings. The monoisotopic (exact) mass is 333 g/mol. The van der Waals surface area contributed by atoms with E-state index in [1.807, 2.05) is 20.8 Å². The quantitative estimate of drug-likeness (QED) is 0.685. The van der Waals surface area contributed by atoms with Crippen molar-refractivity contribution in [1.82, 2.24) is 10.6 Å². The van der Waals surface area contributed by atoms with E-state index in [1.54, 1.807) is 18.2 Å². The third-order valence-electron chi connectivity index (χ3n) is 3.52. The lowest BCUT2D eigenvalue weighted by Crippen LogP contribution is -2.52. The summed E-state index contributed by atoms with van der Waals surface area (Å²) in [6.07, 6.45) is 0.557. The van der Waals surface area contributed by atoms with Crippen molar-refractivity contribution in [2.24, 2.45) is 0 Å². The second kappa shape index (κ2) is 7.81. The Morgan fingerprint density at radius 3 is 2.75 bits per heavy atom. The number of rotatable bonds is 6. The van der Waals surface area contributed by atoms with Crippen LogP contribution in [0, 0.1) is 0 Å². The van der Waals surface area contributed by atoms with Crippen LogP contribution in [0.15, 0.2) is 18.2 Å². The van der Waals surface area contributed by atoms with Crippen LogP contribution in [-0.2, 0) is 9.59 Å². The minimum Gasteiger partial charge on any atom is -0.491 e. The van der Waals surface area contributed by atoms with Gasteiger partial charge in [-0.1, -0.05) is 0 Å². The van der Waals surface area contributed by atoms with E-state index in [2.05, 4.69) is 16.0 Å². The molecule has 1 saturated heterocycles. The van der Waals surface area contributed by atoms with Gasteiger partial charge in [-0.25, -0.2) is 0 Å². The highest BCUT2D eigenvalue weighted by molar-refractivity contribution is 6.05. The molecular formula is C17H23N3O4. The Labute approximate surface area is 141 Å². The van der Waals surface area contributed by atoms with E-state index in [9.17, 15) is 14.4 Å². The number of carbonyl (C=O) groups is 3. The van der Waals surface area contributed by atoms with Gasteiger partial charge in [0.05, 0.1) is 17.4 Å². The number of piperidine rings is 1. The first-order valence-corrected chi connectivity index (χ1v) is 8.09. The zero-order chi connectivity index (χ0) is 17.7. The predicted octanol–water partition coefficient (Wildman–Crippen LogP) is 1.44. The number of carbonyl (C=O) groups excluding carboxylic acids is 3. The summed E-state index contributed by atoms with van der Waals surface area (Å²) in [5, 5.41) is 8.04. The molecule has 1 heterocycles. The molecule has 130 valence electrons. The Morgan fingerprint density at radius 1 is 1.38 bits per heavy atom. The minimum absolute atomic E-state index is 0.0302. The van der Waals surface area contributed by atoms with Crippen LogP contribution in [0.3, 0.4) is 0 Å². The Bertz CT molecular complexity index is 643. The molecule has 1 aliphatic rings. The van der Waals surface area contributed by atoms with Crippen LogP contribution in [0.25, 0.3) is 0 Å². The normalized spacial score (nSPS) is 17.4. The fraction of sp³-hybridized carbons (Fsp3) is 0.471. The molecule has 0 radical (unpaired) electrons. The van der Waals surface area contributed by atoms with Crippen LogP contribution in [0.5, 0.6) is 5.75 Å². The fourth-order valence-electron chi connectivity index (χ4n) is 2.47. The first-order valence-electron chi connectivity index (χ1n) is 8.09. The first-order chi connectivity index (χ1) is 11.4. The van der Waals surface area contributed by atoms with Gasteiger partial charge in [-0.2, -0.15) is 0 Å². The van der Waals surface area contributed by atoms with Crippen LogP contribution >= 0.6 is 0 Å². The van der Waals surface area contributed by atoms with Gasteiger partial charge in [0.25, 0.3) is 5.91 Å². The van der Waals surface area contributed by atoms with E-state index in [1.165, 1.54) is 0 Å². The zero-order valence-electron chi connectivity index (χ0n) is 14.1. The maximum atomic E-state index is 12.5. The van der Waals surface area contributed by atoms with Crippen LogP contribution in [0.2, 0.25) is 0 Å². The van der Waals surface area contributed by atoms with Crippen LogP contribution in [0.1, 0.15) is 44.0 Å². The average molecular weight is 333 g/mol. The molecular weight excluding hydrogens is 310 g/mol. The van der Waals surface area contributed by atoms with Crippen molar-refractivity contribution in [2.75, 3.05) is 11.9 Å². The van der Waals surface area contributed by atoms with E-state index < -0.39 is 11.9 Å². The van der Waals surface area contributed by atoms with Gasteiger partial charge in [-0.15, -0.1) is 0 Å². The van der Waals surface area contributed by atoms with E-state index >= 15 is 0 Å². The predicted molar refractivity (Wildman–Crippen MR) is 90.0 cm³/mol. The summed E-state index contributed by atoms with van der Waals surface area (Å²) in [4.78, 5) is 35.5. The van der Waals surface area contributed by atoms with Gasteiger partial charge in [0.1, 0.15) is 11.8 Å². The minimum atomic E-state index is -0.698. The van der Waals surface area contributed by atoms with Gasteiger partial charge in [-0.3, -0.25) is 19.7 Å². The van der Waals surface area contributed by atoms with Gasteiger partial charge in [0.15, 0.2) is 0 Å². The Balaban J connectivity index is 2.15. The van der Waals surface area contributed by atoms with Gasteiger partial charge in [-0.05, 0) is 39.3 Å². The molecule has 1 aliphatic heterocycles. The lowest BCUT2D eigenvalue weighted by Gasteiger charge is -2.22. The van der Waals surface area contributed by atoms with E-state index in [0.717, 1.165) is 0 Å². The Kier molecular flexibility index (Phi) is 5.78. The molecule has 1 aromatic carbocycles. The van der Waals surface area contributed by atoms with Crippen molar-refractivity contribution in [3.63, 3.8) is 0 Å². The van der Waals surface area contributed by atoms with Crippen molar-refractivity contribution in [2.45, 2.75) is 45.8 Å². The number of imide groups is 1. The Hall–Kier alpha value is -2.57. The molecule has 0 aliphatic carbocycles. The summed E-state index contributed by atoms with van der Waals surface area (Å²) in [5.41, 5.74) is 1.07. The molecule has 0 saturated carbocycles. The first kappa shape index (κ1) is 17.8. The zero-order valence-corrected chi connectivity index (χ0v) is 14.1. The van der Waals surface area contributed by atoms with Gasteiger partial charge < -0.3 is 15.4 Å². The van der Waals surface area contributed by atoms with Crippen molar-refractivity contribution in [3.8, 4) is 5.75 Å². The van der Waals surface area contributed by atoms with Crippen molar-refractivity contribution in [1.29, 1.82) is 0 Å². The van der Waals surface area contributed by atoms with Crippen molar-refractivity contribution in [3.05, 3.63) is 23.8 Å². The Morgan fingerprint density at radius 2 is 2.12 bits per heavy atom. The SMILES string of the molecule is CCNc1cc(OC(C)C)ccc1C(=O)NC1CCC(=O)NC1=O. The third kappa shape index (κ3) is 4.47. The van der Waals surface area contributed by atoms with Crippen molar-refractivity contribution >= 4 is 23.4 Å². The molecule has 7 heteroatoms. The molecule has 1 atom stereocenters. The molecule has 2 rings (SSSR count). The third-order valence-corrected chi connectivity index (χ3v) is 3.52. The summed E-state index contributed by atoms with van der Waals surface area (Å²) in [7, 11) is 0. The summed E-state index contributed by atoms with van der Waals surface area (Å²) in [6.45, 7) is 6.43. The highest BCUT2D eigenvalue weighted by atomic mass is 16.5. The molecule has 24 heavy (non-hydrogen) atoms. The molecule has 3 amide bonds. The molecule has 7 nitrogen and oxygen atoms in total. The standard InChI is InChI=1S/C17H23N3O4/c1-4-18-14-9-11(24-10(2)3)5-6-12(14)16(22)19-13-7-8-15(21)20-17(13)23/h5-6,9-10,13,18H,4,7-8H2,1-3H3,(H,19,22)(H,20,21,23). The van der Waals surface area contributed by atoms with E-state index in [0.29, 0.717) is 30.0 Å². The fourth-order valence-corrected chi connectivity index (χ4v) is 2.47. The number of anilines is 1. The topological polar surface area (TPSA) is 96.5 Å². The number of nitrogens with one attached hydrogen (secondary N) is 3. The van der Waals surface area contributed by atoms with E-state index in [-0.39, 0.29) is 24.3 Å². The van der Waals surface area contributed by atoms with Crippen LogP contribution in [-0.4, -0.2) is 36.4 Å². The molecule has 3 N–H and O–H groups in total. The summed E-state index contributed by atoms with van der Waals surface area (Å²) < 4.78 is 5.64. The lowest BCUT2D eigenvalue weighted by atomic mass is 10.0. The largest absolute Gasteiger partial charge is 0.491 e. The molecule has 1 unspecified atom stereocenters. The molecule has 0 bridgehead atoms. The van der Waals surface area contributed by atoms with Gasteiger partial charge >= 0.3 is 0 Å². The average Bonchev–Trinajstić information content (AvgIpc) is 2.50. The summed E-state index contributed by atoms with van der Waals surface area (Å²) in [6, 6.07) is 4.45. The molecule has 0 aromatic heterocycles. The maximum absolute atomic E-state index is 12.5. The number of hydrogen-bond donors (Lipinski definition) is 3. The number of amides is 3. The summed E-state index contributed by atoms with van der Waals surface area (Å²) in [5.74, 6) is -0.478. The lowest BCUT2D eigenvalue weighted by molar-refractivity contribution is -0.134. The summed E-state index contributed by atoms with van der Waals surface area (Å²) >= 11 is 0. The molecule has 1 fully saturated rings.